The lowest BCUT2D eigenvalue weighted by Gasteiger charge is -2.20. The van der Waals surface area contributed by atoms with Gasteiger partial charge in [-0.3, -0.25) is 0 Å². The van der Waals surface area contributed by atoms with Crippen LogP contribution in [0, 0.1) is 0 Å². The zero-order valence-corrected chi connectivity index (χ0v) is 15.2. The molecule has 2 N–H and O–H groups in total. The fourth-order valence-electron chi connectivity index (χ4n) is 2.41. The summed E-state index contributed by atoms with van der Waals surface area (Å²) < 4.78 is 10.7. The Morgan fingerprint density at radius 2 is 1.83 bits per heavy atom. The maximum atomic E-state index is 5.51. The van der Waals surface area contributed by atoms with Gasteiger partial charge in [0.25, 0.3) is 0 Å². The van der Waals surface area contributed by atoms with Crippen LogP contribution in [-0.4, -0.2) is 18.8 Å². The van der Waals surface area contributed by atoms with Gasteiger partial charge in [0.05, 0.1) is 19.8 Å². The van der Waals surface area contributed by atoms with Crippen molar-refractivity contribution in [1.29, 1.82) is 0 Å². The lowest BCUT2D eigenvalue weighted by Crippen LogP contribution is -2.32. The number of hydrogen-bond acceptors (Lipinski definition) is 3. The molecule has 2 rings (SSSR count). The first-order valence-electron chi connectivity index (χ1n) is 8.10. The molecule has 0 radical (unpaired) electrons. The first-order valence-corrected chi connectivity index (χ1v) is 8.51. The molecule has 0 spiro atoms. The van der Waals surface area contributed by atoms with Gasteiger partial charge < -0.3 is 20.1 Å². The van der Waals surface area contributed by atoms with E-state index in [0.717, 1.165) is 23.6 Å². The maximum absolute atomic E-state index is 5.51. The molecule has 0 saturated heterocycles. The van der Waals surface area contributed by atoms with Crippen molar-refractivity contribution in [1.82, 2.24) is 5.32 Å². The summed E-state index contributed by atoms with van der Waals surface area (Å²) in [6.45, 7) is 4.73. The van der Waals surface area contributed by atoms with E-state index in [1.54, 1.807) is 7.11 Å². The second kappa shape index (κ2) is 9.13. The summed E-state index contributed by atoms with van der Waals surface area (Å²) in [5.74, 6) is 1.68. The van der Waals surface area contributed by atoms with Gasteiger partial charge in [0.2, 0.25) is 0 Å². The summed E-state index contributed by atoms with van der Waals surface area (Å²) in [5, 5.41) is 7.16. The van der Waals surface area contributed by atoms with Gasteiger partial charge in [-0.1, -0.05) is 25.1 Å². The van der Waals surface area contributed by atoms with Crippen LogP contribution < -0.4 is 20.1 Å². The molecule has 0 aromatic heterocycles. The topological polar surface area (TPSA) is 42.5 Å². The monoisotopic (exact) mass is 344 g/mol. The third-order valence-corrected chi connectivity index (χ3v) is 3.85. The van der Waals surface area contributed by atoms with Crippen molar-refractivity contribution >= 4 is 23.0 Å². The van der Waals surface area contributed by atoms with E-state index in [-0.39, 0.29) is 6.04 Å². The van der Waals surface area contributed by atoms with Crippen molar-refractivity contribution in [3.8, 4) is 11.5 Å². The van der Waals surface area contributed by atoms with Gasteiger partial charge in [-0.25, -0.2) is 0 Å². The molecule has 0 aliphatic carbocycles. The van der Waals surface area contributed by atoms with Gasteiger partial charge in [0, 0.05) is 11.8 Å². The predicted octanol–water partition coefficient (Wildman–Crippen LogP) is 4.53. The highest BCUT2D eigenvalue weighted by Gasteiger charge is 2.11. The molecule has 0 amide bonds. The second-order valence-corrected chi connectivity index (χ2v) is 5.70. The molecule has 0 saturated carbocycles. The number of rotatable bonds is 7. The summed E-state index contributed by atoms with van der Waals surface area (Å²) in [5.41, 5.74) is 2.08. The molecular weight excluding hydrogens is 320 g/mol. The van der Waals surface area contributed by atoms with Crippen molar-refractivity contribution < 1.29 is 9.47 Å². The molecular formula is C19H24N2O2S. The number of methoxy groups -OCH3 is 1. The Balaban J connectivity index is 1.99. The van der Waals surface area contributed by atoms with Crippen LogP contribution in [0.2, 0.25) is 0 Å². The Kier molecular flexibility index (Phi) is 6.88. The minimum absolute atomic E-state index is 0.144. The van der Waals surface area contributed by atoms with E-state index in [0.29, 0.717) is 11.7 Å². The number of benzene rings is 2. The third-order valence-electron chi connectivity index (χ3n) is 3.63. The Labute approximate surface area is 149 Å². The van der Waals surface area contributed by atoms with E-state index in [2.05, 4.69) is 29.7 Å². The van der Waals surface area contributed by atoms with Gasteiger partial charge in [-0.05, 0) is 55.4 Å². The third kappa shape index (κ3) is 5.13. The van der Waals surface area contributed by atoms with Crippen LogP contribution in [0.3, 0.4) is 0 Å². The molecule has 24 heavy (non-hydrogen) atoms. The van der Waals surface area contributed by atoms with Gasteiger partial charge in [-0.15, -0.1) is 0 Å². The fraction of sp³-hybridized carbons (Fsp3) is 0.316. The Morgan fingerprint density at radius 3 is 2.46 bits per heavy atom. The minimum Gasteiger partial charge on any atom is -0.497 e. The Morgan fingerprint density at radius 1 is 1.08 bits per heavy atom. The van der Waals surface area contributed by atoms with Crippen molar-refractivity contribution in [2.75, 3.05) is 19.0 Å². The molecule has 5 heteroatoms. The number of thiocarbonyl (C=S) groups is 1. The number of nitrogens with one attached hydrogen (secondary N) is 2. The molecule has 128 valence electrons. The second-order valence-electron chi connectivity index (χ2n) is 5.29. The Hall–Kier alpha value is -2.27. The largest absolute Gasteiger partial charge is 0.497 e. The lowest BCUT2D eigenvalue weighted by atomic mass is 10.0. The average Bonchev–Trinajstić information content (AvgIpc) is 2.60. The van der Waals surface area contributed by atoms with E-state index >= 15 is 0 Å². The smallest absolute Gasteiger partial charge is 0.171 e. The zero-order chi connectivity index (χ0) is 17.4. The molecule has 1 atom stereocenters. The van der Waals surface area contributed by atoms with Crippen molar-refractivity contribution in [2.24, 2.45) is 0 Å². The molecule has 0 fully saturated rings. The molecule has 2 aromatic rings. The highest BCUT2D eigenvalue weighted by atomic mass is 32.1. The van der Waals surface area contributed by atoms with Gasteiger partial charge in [-0.2, -0.15) is 0 Å². The fourth-order valence-corrected chi connectivity index (χ4v) is 2.67. The van der Waals surface area contributed by atoms with Crippen LogP contribution in [0.15, 0.2) is 48.5 Å². The van der Waals surface area contributed by atoms with Crippen molar-refractivity contribution in [3.05, 3.63) is 54.1 Å². The summed E-state index contributed by atoms with van der Waals surface area (Å²) in [6, 6.07) is 15.9. The van der Waals surface area contributed by atoms with Crippen LogP contribution in [0.25, 0.3) is 0 Å². The lowest BCUT2D eigenvalue weighted by molar-refractivity contribution is 0.340. The first kappa shape index (κ1) is 18.1. The first-order chi connectivity index (χ1) is 11.7. The van der Waals surface area contributed by atoms with Crippen LogP contribution in [0.5, 0.6) is 11.5 Å². The van der Waals surface area contributed by atoms with Gasteiger partial charge in [0.1, 0.15) is 11.5 Å². The quantitative estimate of drug-likeness (QED) is 0.722. The highest BCUT2D eigenvalue weighted by Crippen LogP contribution is 2.21. The number of ether oxygens (including phenoxy) is 2. The Bertz CT molecular complexity index is 659. The van der Waals surface area contributed by atoms with Crippen LogP contribution >= 0.6 is 12.2 Å². The molecule has 2 aromatic carbocycles. The summed E-state index contributed by atoms with van der Waals surface area (Å²) in [6.07, 6.45) is 0.924. The van der Waals surface area contributed by atoms with Crippen molar-refractivity contribution in [2.45, 2.75) is 26.3 Å². The van der Waals surface area contributed by atoms with Crippen LogP contribution in [-0.2, 0) is 0 Å². The zero-order valence-electron chi connectivity index (χ0n) is 14.3. The highest BCUT2D eigenvalue weighted by molar-refractivity contribution is 7.80. The minimum atomic E-state index is 0.144. The normalized spacial score (nSPS) is 11.5. The summed E-state index contributed by atoms with van der Waals surface area (Å²) >= 11 is 5.45. The van der Waals surface area contributed by atoms with Gasteiger partial charge >= 0.3 is 0 Å². The van der Waals surface area contributed by atoms with E-state index < -0.39 is 0 Å². The summed E-state index contributed by atoms with van der Waals surface area (Å²) in [4.78, 5) is 0. The molecule has 0 unspecified atom stereocenters. The van der Waals surface area contributed by atoms with E-state index in [1.807, 2.05) is 43.3 Å². The maximum Gasteiger partial charge on any atom is 0.171 e. The van der Waals surface area contributed by atoms with E-state index in [9.17, 15) is 0 Å². The van der Waals surface area contributed by atoms with Gasteiger partial charge in [0.15, 0.2) is 5.11 Å². The van der Waals surface area contributed by atoms with E-state index in [1.165, 1.54) is 5.56 Å². The van der Waals surface area contributed by atoms with Crippen LogP contribution in [0.1, 0.15) is 31.9 Å². The molecule has 0 aliphatic heterocycles. The predicted molar refractivity (Wildman–Crippen MR) is 103 cm³/mol. The molecule has 0 aliphatic rings. The SMILES string of the molecule is CCOc1cccc(NC(=S)N[C@@H](CC)c2ccc(OC)cc2)c1. The number of anilines is 1. The molecule has 4 nitrogen and oxygen atoms in total. The molecule has 0 heterocycles. The average molecular weight is 344 g/mol. The van der Waals surface area contributed by atoms with Crippen LogP contribution in [0.4, 0.5) is 5.69 Å². The number of hydrogen-bond donors (Lipinski definition) is 2. The van der Waals surface area contributed by atoms with Crippen molar-refractivity contribution in [3.63, 3.8) is 0 Å². The standard InChI is InChI=1S/C19H24N2O2S/c1-4-18(14-9-11-16(22-3)12-10-14)21-19(24)20-15-7-6-8-17(13-15)23-5-2/h6-13,18H,4-5H2,1-3H3,(H2,20,21,24)/t18-/m0/s1. The molecule has 0 bridgehead atoms. The summed E-state index contributed by atoms with van der Waals surface area (Å²) in [7, 11) is 1.67. The van der Waals surface area contributed by atoms with E-state index in [4.69, 9.17) is 21.7 Å².